The van der Waals surface area contributed by atoms with Crippen molar-refractivity contribution in [3.8, 4) is 0 Å². The summed E-state index contributed by atoms with van der Waals surface area (Å²) in [5, 5.41) is 0. The van der Waals surface area contributed by atoms with Crippen LogP contribution in [0.5, 0.6) is 0 Å². The van der Waals surface area contributed by atoms with Gasteiger partial charge in [0.2, 0.25) is 0 Å². The molecule has 0 bridgehead atoms. The third-order valence-electron chi connectivity index (χ3n) is 3.63. The monoisotopic (exact) mass is 391 g/mol. The summed E-state index contributed by atoms with van der Waals surface area (Å²) in [5.74, 6) is -0.258. The average molecular weight is 393 g/mol. The van der Waals surface area contributed by atoms with E-state index in [2.05, 4.69) is 31.9 Å². The van der Waals surface area contributed by atoms with Gasteiger partial charge in [0.15, 0.2) is 0 Å². The lowest BCUT2D eigenvalue weighted by molar-refractivity contribution is 0.0548. The Labute approximate surface area is 126 Å². The molecule has 0 N–H and O–H groups in total. The molecule has 2 heterocycles. The van der Waals surface area contributed by atoms with Gasteiger partial charge < -0.3 is 0 Å². The summed E-state index contributed by atoms with van der Waals surface area (Å²) < 4.78 is 1.50. The molecule has 1 saturated carbocycles. The van der Waals surface area contributed by atoms with Gasteiger partial charge >= 0.3 is 0 Å². The van der Waals surface area contributed by atoms with E-state index >= 15 is 0 Å². The molecule has 2 aliphatic rings. The highest BCUT2D eigenvalue weighted by Gasteiger charge is 2.44. The fourth-order valence-electron chi connectivity index (χ4n) is 2.76. The van der Waals surface area contributed by atoms with Crippen LogP contribution in [0, 0.1) is 0 Å². The van der Waals surface area contributed by atoms with E-state index in [0.29, 0.717) is 11.1 Å². The third kappa shape index (κ3) is 1.80. The zero-order valence-electron chi connectivity index (χ0n) is 9.54. The largest absolute Gasteiger partial charge is 0.271 e. The topological polar surface area (TPSA) is 37.4 Å². The molecule has 0 radical (unpaired) electrons. The summed E-state index contributed by atoms with van der Waals surface area (Å²) in [4.78, 5) is 26.3. The number of halogens is 2. The molecule has 6 heteroatoms. The SMILES string of the molecule is O=C1c2c(Br)sc(Br)c2C(=O)N1C1CCCCC1. The van der Waals surface area contributed by atoms with Gasteiger partial charge in [0.1, 0.15) is 0 Å². The van der Waals surface area contributed by atoms with Gasteiger partial charge in [-0.3, -0.25) is 14.5 Å². The maximum Gasteiger partial charge on any atom is 0.263 e. The molecule has 2 amide bonds. The second kappa shape index (κ2) is 4.72. The predicted octanol–water partition coefficient (Wildman–Crippen LogP) is 4.20. The Morgan fingerprint density at radius 3 is 1.94 bits per heavy atom. The summed E-state index contributed by atoms with van der Waals surface area (Å²) in [6.45, 7) is 0. The Balaban J connectivity index is 1.99. The zero-order valence-corrected chi connectivity index (χ0v) is 13.5. The van der Waals surface area contributed by atoms with Crippen LogP contribution < -0.4 is 0 Å². The molecule has 96 valence electrons. The standard InChI is InChI=1S/C12H11Br2NO2S/c13-9-7-8(10(14)18-9)12(17)15(11(7)16)6-4-2-1-3-5-6/h6H,1-5H2. The lowest BCUT2D eigenvalue weighted by atomic mass is 9.94. The highest BCUT2D eigenvalue weighted by molar-refractivity contribution is 9.12. The van der Waals surface area contributed by atoms with Crippen LogP contribution in [0.15, 0.2) is 7.57 Å². The molecule has 0 aromatic carbocycles. The molecule has 0 atom stereocenters. The van der Waals surface area contributed by atoms with E-state index in [4.69, 9.17) is 0 Å². The van der Waals surface area contributed by atoms with E-state index < -0.39 is 0 Å². The van der Waals surface area contributed by atoms with Crippen molar-refractivity contribution in [1.29, 1.82) is 0 Å². The summed E-state index contributed by atoms with van der Waals surface area (Å²) in [7, 11) is 0. The first-order valence-corrected chi connectivity index (χ1v) is 8.37. The molecule has 1 aromatic rings. The van der Waals surface area contributed by atoms with E-state index in [1.807, 2.05) is 0 Å². The van der Waals surface area contributed by atoms with Crippen LogP contribution in [0.2, 0.25) is 0 Å². The molecule has 18 heavy (non-hydrogen) atoms. The number of rotatable bonds is 1. The second-order valence-electron chi connectivity index (χ2n) is 4.67. The number of thiophene rings is 1. The van der Waals surface area contributed by atoms with Gasteiger partial charge in [-0.25, -0.2) is 0 Å². The molecule has 3 nitrogen and oxygen atoms in total. The summed E-state index contributed by atoms with van der Waals surface area (Å²) in [6.07, 6.45) is 5.32. The minimum Gasteiger partial charge on any atom is -0.271 e. The Bertz CT molecular complexity index is 498. The van der Waals surface area contributed by atoms with Crippen molar-refractivity contribution in [2.45, 2.75) is 38.1 Å². The Kier molecular flexibility index (Phi) is 3.36. The molecular weight excluding hydrogens is 382 g/mol. The number of carbonyl (C=O) groups excluding carboxylic acids is 2. The molecule has 1 fully saturated rings. The van der Waals surface area contributed by atoms with Gasteiger partial charge in [0.05, 0.1) is 18.7 Å². The Morgan fingerprint density at radius 2 is 1.44 bits per heavy atom. The second-order valence-corrected chi connectivity index (χ2v) is 8.33. The van der Waals surface area contributed by atoms with Crippen molar-refractivity contribution in [2.24, 2.45) is 0 Å². The van der Waals surface area contributed by atoms with E-state index in [-0.39, 0.29) is 17.9 Å². The fourth-order valence-corrected chi connectivity index (χ4v) is 5.86. The predicted molar refractivity (Wildman–Crippen MR) is 77.1 cm³/mol. The van der Waals surface area contributed by atoms with E-state index in [0.717, 1.165) is 33.3 Å². The maximum absolute atomic E-state index is 12.4. The minimum absolute atomic E-state index is 0.0925. The average Bonchev–Trinajstić information content (AvgIpc) is 2.79. The van der Waals surface area contributed by atoms with Crippen molar-refractivity contribution in [3.63, 3.8) is 0 Å². The molecule has 1 aliphatic heterocycles. The lowest BCUT2D eigenvalue weighted by Gasteiger charge is -2.29. The number of hydrogen-bond donors (Lipinski definition) is 0. The molecule has 3 rings (SSSR count). The van der Waals surface area contributed by atoms with Gasteiger partial charge in [-0.1, -0.05) is 19.3 Å². The Hall–Kier alpha value is -0.200. The highest BCUT2D eigenvalue weighted by Crippen LogP contribution is 2.43. The number of imide groups is 1. The highest BCUT2D eigenvalue weighted by atomic mass is 79.9. The number of amides is 2. The van der Waals surface area contributed by atoms with Gasteiger partial charge in [0, 0.05) is 6.04 Å². The zero-order chi connectivity index (χ0) is 12.9. The maximum atomic E-state index is 12.4. The first kappa shape index (κ1) is 12.8. The first-order valence-electron chi connectivity index (χ1n) is 5.97. The van der Waals surface area contributed by atoms with E-state index in [1.54, 1.807) is 0 Å². The Morgan fingerprint density at radius 1 is 0.944 bits per heavy atom. The van der Waals surface area contributed by atoms with E-state index in [1.165, 1.54) is 22.7 Å². The fraction of sp³-hybridized carbons (Fsp3) is 0.500. The van der Waals surface area contributed by atoms with Crippen LogP contribution in [0.4, 0.5) is 0 Å². The summed E-state index contributed by atoms with van der Waals surface area (Å²) in [6, 6.07) is 0.0925. The van der Waals surface area contributed by atoms with Crippen LogP contribution in [-0.2, 0) is 0 Å². The smallest absolute Gasteiger partial charge is 0.263 e. The molecular formula is C12H11Br2NO2S. The normalized spacial score (nSPS) is 20.7. The van der Waals surface area contributed by atoms with Crippen LogP contribution in [-0.4, -0.2) is 22.8 Å². The van der Waals surface area contributed by atoms with Gasteiger partial charge in [0.25, 0.3) is 11.8 Å². The van der Waals surface area contributed by atoms with Gasteiger partial charge in [-0.15, -0.1) is 11.3 Å². The van der Waals surface area contributed by atoms with Crippen molar-refractivity contribution in [2.75, 3.05) is 0 Å². The molecule has 1 aromatic heterocycles. The molecule has 0 saturated heterocycles. The number of fused-ring (bicyclic) bond motifs is 1. The van der Waals surface area contributed by atoms with Crippen LogP contribution in [0.25, 0.3) is 0 Å². The van der Waals surface area contributed by atoms with Gasteiger partial charge in [-0.05, 0) is 44.7 Å². The van der Waals surface area contributed by atoms with Crippen molar-refractivity contribution in [3.05, 3.63) is 18.7 Å². The van der Waals surface area contributed by atoms with Crippen molar-refractivity contribution in [1.82, 2.24) is 4.90 Å². The molecule has 0 spiro atoms. The quantitative estimate of drug-likeness (QED) is 0.671. The molecule has 1 aliphatic carbocycles. The number of nitrogens with zero attached hydrogens (tertiary/aromatic N) is 1. The minimum atomic E-state index is -0.129. The third-order valence-corrected chi connectivity index (χ3v) is 6.16. The van der Waals surface area contributed by atoms with Crippen LogP contribution in [0.1, 0.15) is 52.8 Å². The summed E-state index contributed by atoms with van der Waals surface area (Å²) >= 11 is 8.15. The van der Waals surface area contributed by atoms with Gasteiger partial charge in [-0.2, -0.15) is 0 Å². The van der Waals surface area contributed by atoms with Crippen LogP contribution >= 0.6 is 43.2 Å². The van der Waals surface area contributed by atoms with Crippen molar-refractivity contribution < 1.29 is 9.59 Å². The molecule has 0 unspecified atom stereocenters. The van der Waals surface area contributed by atoms with Crippen LogP contribution in [0.3, 0.4) is 0 Å². The number of carbonyl (C=O) groups is 2. The number of hydrogen-bond acceptors (Lipinski definition) is 3. The first-order chi connectivity index (χ1) is 8.61. The summed E-state index contributed by atoms with van der Waals surface area (Å²) in [5.41, 5.74) is 1.09. The van der Waals surface area contributed by atoms with Crippen molar-refractivity contribution >= 4 is 55.0 Å². The lowest BCUT2D eigenvalue weighted by Crippen LogP contribution is -2.41. The van der Waals surface area contributed by atoms with E-state index in [9.17, 15) is 9.59 Å².